The zero-order valence-electron chi connectivity index (χ0n) is 8.00. The average Bonchev–Trinajstić information content (AvgIpc) is 2.18. The van der Waals surface area contributed by atoms with Gasteiger partial charge in [0, 0.05) is 7.05 Å². The van der Waals surface area contributed by atoms with E-state index in [1.807, 2.05) is 0 Å². The largest absolute Gasteiger partial charge is 0.490 e. The van der Waals surface area contributed by atoms with Gasteiger partial charge in [0.25, 0.3) is 0 Å². The Kier molecular flexibility index (Phi) is 2.41. The van der Waals surface area contributed by atoms with Crippen LogP contribution in [0, 0.1) is 0 Å². The second kappa shape index (κ2) is 3.55. The number of rotatable bonds is 1. The summed E-state index contributed by atoms with van der Waals surface area (Å²) < 4.78 is 5.60. The van der Waals surface area contributed by atoms with E-state index in [0.717, 1.165) is 27.5 Å². The van der Waals surface area contributed by atoms with Crippen LogP contribution in [0.3, 0.4) is 0 Å². The van der Waals surface area contributed by atoms with Crippen LogP contribution in [0.25, 0.3) is 0 Å². The summed E-state index contributed by atoms with van der Waals surface area (Å²) in [6.45, 7) is 3.98. The predicted molar refractivity (Wildman–Crippen MR) is 59.1 cm³/mol. The Morgan fingerprint density at radius 1 is 1.46 bits per heavy atom. The van der Waals surface area contributed by atoms with Crippen molar-refractivity contribution in [1.82, 2.24) is 0 Å². The second-order valence-electron chi connectivity index (χ2n) is 3.20. The lowest BCUT2D eigenvalue weighted by Crippen LogP contribution is -2.29. The van der Waals surface area contributed by atoms with Crippen molar-refractivity contribution >= 4 is 19.6 Å². The third-order valence-electron chi connectivity index (χ3n) is 2.34. The molecule has 13 heavy (non-hydrogen) atoms. The van der Waals surface area contributed by atoms with E-state index in [4.69, 9.17) is 4.74 Å². The highest BCUT2D eigenvalue weighted by Gasteiger charge is 2.14. The standard InChI is InChI=1S/C10H14NOP/c1-11-5-6-12-10-7-8(13-2)3-4-9(10)11/h3-4,7,13H,5-6H2,1-2H3. The maximum atomic E-state index is 5.60. The van der Waals surface area contributed by atoms with E-state index in [1.54, 1.807) is 0 Å². The minimum absolute atomic E-state index is 0.805. The summed E-state index contributed by atoms with van der Waals surface area (Å²) in [7, 11) is 2.95. The highest BCUT2D eigenvalue weighted by molar-refractivity contribution is 7.46. The zero-order valence-corrected chi connectivity index (χ0v) is 9.00. The third kappa shape index (κ3) is 1.64. The first kappa shape index (κ1) is 8.83. The highest BCUT2D eigenvalue weighted by atomic mass is 31.1. The Morgan fingerprint density at radius 2 is 2.31 bits per heavy atom. The van der Waals surface area contributed by atoms with Crippen LogP contribution in [-0.2, 0) is 0 Å². The maximum absolute atomic E-state index is 5.60. The van der Waals surface area contributed by atoms with Gasteiger partial charge in [0.05, 0.1) is 12.2 Å². The second-order valence-corrected chi connectivity index (χ2v) is 4.28. The van der Waals surface area contributed by atoms with E-state index < -0.39 is 0 Å². The molecule has 3 heteroatoms. The summed E-state index contributed by atoms with van der Waals surface area (Å²) in [5.74, 6) is 1.04. The minimum atomic E-state index is 0.805. The molecule has 0 bridgehead atoms. The fraction of sp³-hybridized carbons (Fsp3) is 0.400. The summed E-state index contributed by atoms with van der Waals surface area (Å²) in [5, 5.41) is 1.37. The van der Waals surface area contributed by atoms with Crippen LogP contribution in [-0.4, -0.2) is 26.9 Å². The number of anilines is 1. The SMILES string of the molecule is CPc1ccc2c(c1)OCCN2C. The number of likely N-dealkylation sites (N-methyl/N-ethyl adjacent to an activating group) is 1. The van der Waals surface area contributed by atoms with Crippen molar-refractivity contribution < 1.29 is 4.74 Å². The zero-order chi connectivity index (χ0) is 9.26. The fourth-order valence-electron chi connectivity index (χ4n) is 1.51. The van der Waals surface area contributed by atoms with Gasteiger partial charge in [0.2, 0.25) is 0 Å². The molecule has 0 aromatic heterocycles. The van der Waals surface area contributed by atoms with Crippen LogP contribution in [0.5, 0.6) is 5.75 Å². The van der Waals surface area contributed by atoms with Crippen LogP contribution in [0.1, 0.15) is 0 Å². The van der Waals surface area contributed by atoms with E-state index in [9.17, 15) is 0 Å². The normalized spacial score (nSPS) is 16.0. The van der Waals surface area contributed by atoms with Gasteiger partial charge in [-0.2, -0.15) is 0 Å². The van der Waals surface area contributed by atoms with E-state index >= 15 is 0 Å². The molecule has 1 aliphatic heterocycles. The molecule has 1 aliphatic rings. The van der Waals surface area contributed by atoms with E-state index in [2.05, 4.69) is 36.8 Å². The molecule has 0 spiro atoms. The number of nitrogens with zero attached hydrogens (tertiary/aromatic N) is 1. The molecular formula is C10H14NOP. The summed E-state index contributed by atoms with van der Waals surface area (Å²) in [4.78, 5) is 2.24. The summed E-state index contributed by atoms with van der Waals surface area (Å²) in [6.07, 6.45) is 0. The molecule has 0 radical (unpaired) electrons. The molecule has 1 aromatic rings. The molecule has 0 aliphatic carbocycles. The number of hydrogen-bond donors (Lipinski definition) is 0. The van der Waals surface area contributed by atoms with Gasteiger partial charge < -0.3 is 9.64 Å². The number of fused-ring (bicyclic) bond motifs is 1. The Bertz CT molecular complexity index is 314. The Hall–Kier alpha value is -0.750. The number of hydrogen-bond acceptors (Lipinski definition) is 2. The summed E-state index contributed by atoms with van der Waals surface area (Å²) in [5.41, 5.74) is 1.22. The molecular weight excluding hydrogens is 181 g/mol. The first-order chi connectivity index (χ1) is 6.31. The van der Waals surface area contributed by atoms with Gasteiger partial charge in [-0.15, -0.1) is 0 Å². The van der Waals surface area contributed by atoms with Gasteiger partial charge in [0.1, 0.15) is 12.4 Å². The third-order valence-corrected chi connectivity index (χ3v) is 3.23. The van der Waals surface area contributed by atoms with E-state index in [-0.39, 0.29) is 0 Å². The quantitative estimate of drug-likeness (QED) is 0.629. The molecule has 0 amide bonds. The molecule has 1 atom stereocenters. The van der Waals surface area contributed by atoms with Crippen LogP contribution < -0.4 is 14.9 Å². The van der Waals surface area contributed by atoms with Gasteiger partial charge in [-0.3, -0.25) is 0 Å². The van der Waals surface area contributed by atoms with Gasteiger partial charge >= 0.3 is 0 Å². The molecule has 2 nitrogen and oxygen atoms in total. The average molecular weight is 195 g/mol. The van der Waals surface area contributed by atoms with Crippen LogP contribution in [0.2, 0.25) is 0 Å². The number of benzene rings is 1. The van der Waals surface area contributed by atoms with Gasteiger partial charge in [-0.05, 0) is 24.1 Å². The van der Waals surface area contributed by atoms with Crippen LogP contribution in [0.4, 0.5) is 5.69 Å². The predicted octanol–water partition coefficient (Wildman–Crippen LogP) is 1.45. The molecule has 1 heterocycles. The van der Waals surface area contributed by atoms with Crippen molar-refractivity contribution in [3.05, 3.63) is 18.2 Å². The van der Waals surface area contributed by atoms with Crippen molar-refractivity contribution in [2.75, 3.05) is 31.8 Å². The van der Waals surface area contributed by atoms with Gasteiger partial charge in [-0.1, -0.05) is 14.6 Å². The molecule has 0 saturated heterocycles. The lowest BCUT2D eigenvalue weighted by Gasteiger charge is -2.27. The minimum Gasteiger partial charge on any atom is -0.490 e. The molecule has 0 fully saturated rings. The molecule has 0 saturated carbocycles. The van der Waals surface area contributed by atoms with Crippen molar-refractivity contribution in [3.63, 3.8) is 0 Å². The molecule has 1 unspecified atom stereocenters. The summed E-state index contributed by atoms with van der Waals surface area (Å²) >= 11 is 0. The maximum Gasteiger partial charge on any atom is 0.143 e. The van der Waals surface area contributed by atoms with Gasteiger partial charge in [-0.25, -0.2) is 0 Å². The van der Waals surface area contributed by atoms with Crippen molar-refractivity contribution in [2.45, 2.75) is 0 Å². The van der Waals surface area contributed by atoms with Crippen LogP contribution >= 0.6 is 8.58 Å². The van der Waals surface area contributed by atoms with Crippen molar-refractivity contribution in [1.29, 1.82) is 0 Å². The monoisotopic (exact) mass is 195 g/mol. The van der Waals surface area contributed by atoms with Crippen molar-refractivity contribution in [3.8, 4) is 5.75 Å². The topological polar surface area (TPSA) is 12.5 Å². The number of ether oxygens (including phenoxy) is 1. The fourth-order valence-corrected chi connectivity index (χ4v) is 2.04. The Morgan fingerprint density at radius 3 is 3.08 bits per heavy atom. The highest BCUT2D eigenvalue weighted by Crippen LogP contribution is 2.30. The molecule has 70 valence electrons. The molecule has 2 rings (SSSR count). The van der Waals surface area contributed by atoms with E-state index in [0.29, 0.717) is 0 Å². The lowest BCUT2D eigenvalue weighted by atomic mass is 10.2. The Labute approximate surface area is 80.7 Å². The van der Waals surface area contributed by atoms with E-state index in [1.165, 1.54) is 11.0 Å². The van der Waals surface area contributed by atoms with Gasteiger partial charge in [0.15, 0.2) is 0 Å². The van der Waals surface area contributed by atoms with Crippen LogP contribution in [0.15, 0.2) is 18.2 Å². The Balaban J connectivity index is 2.39. The first-order valence-electron chi connectivity index (χ1n) is 4.47. The molecule has 0 N–H and O–H groups in total. The lowest BCUT2D eigenvalue weighted by molar-refractivity contribution is 0.311. The smallest absolute Gasteiger partial charge is 0.143 e. The summed E-state index contributed by atoms with van der Waals surface area (Å²) in [6, 6.07) is 6.49. The first-order valence-corrected chi connectivity index (χ1v) is 5.97. The molecule has 1 aromatic carbocycles. The van der Waals surface area contributed by atoms with Crippen molar-refractivity contribution in [2.24, 2.45) is 0 Å².